The fraction of sp³-hybridized carbons (Fsp3) is 0.750. The van der Waals surface area contributed by atoms with Crippen molar-refractivity contribution in [2.75, 3.05) is 6.61 Å². The summed E-state index contributed by atoms with van der Waals surface area (Å²) in [5, 5.41) is 0. The zero-order valence-corrected chi connectivity index (χ0v) is 11.7. The zero-order valence-electron chi connectivity index (χ0n) is 11.7. The number of hydrogen-bond acceptors (Lipinski definition) is 7. The standard InChI is InChI=1S/C12H16F2O7/c1-5(15)18-4-8-10(19-6(2)16)11(20-7(3)17)9(13)12(14)21-8/h8-12H,4H2,1-3H3/t8?,9-,10+,11+,12+/m0/s1. The van der Waals surface area contributed by atoms with Crippen molar-refractivity contribution in [1.82, 2.24) is 0 Å². The molecule has 0 radical (unpaired) electrons. The van der Waals surface area contributed by atoms with E-state index in [1.54, 1.807) is 0 Å². The largest absolute Gasteiger partial charge is 0.463 e. The first kappa shape index (κ1) is 17.3. The summed E-state index contributed by atoms with van der Waals surface area (Å²) in [7, 11) is 0. The summed E-state index contributed by atoms with van der Waals surface area (Å²) in [6, 6.07) is 0. The number of esters is 3. The van der Waals surface area contributed by atoms with Gasteiger partial charge in [0.05, 0.1) is 0 Å². The van der Waals surface area contributed by atoms with Gasteiger partial charge in [-0.3, -0.25) is 14.4 Å². The molecule has 1 fully saturated rings. The Labute approximate surface area is 119 Å². The van der Waals surface area contributed by atoms with Crippen LogP contribution in [-0.2, 0) is 33.3 Å². The summed E-state index contributed by atoms with van der Waals surface area (Å²) < 4.78 is 46.1. The highest BCUT2D eigenvalue weighted by molar-refractivity contribution is 5.67. The SMILES string of the molecule is CC(=O)OCC1O[C@@H](F)[C@@H](F)[C@@H](OC(C)=O)[C@@H]1OC(C)=O. The van der Waals surface area contributed by atoms with Crippen molar-refractivity contribution in [1.29, 1.82) is 0 Å². The molecule has 0 saturated carbocycles. The van der Waals surface area contributed by atoms with Crippen LogP contribution >= 0.6 is 0 Å². The Balaban J connectivity index is 2.94. The van der Waals surface area contributed by atoms with Gasteiger partial charge in [-0.15, -0.1) is 0 Å². The third-order valence-corrected chi connectivity index (χ3v) is 2.61. The van der Waals surface area contributed by atoms with Crippen molar-refractivity contribution < 1.29 is 42.1 Å². The number of hydrogen-bond donors (Lipinski definition) is 0. The van der Waals surface area contributed by atoms with E-state index < -0.39 is 55.4 Å². The van der Waals surface area contributed by atoms with E-state index in [0.29, 0.717) is 0 Å². The van der Waals surface area contributed by atoms with Crippen LogP contribution in [0.4, 0.5) is 8.78 Å². The summed E-state index contributed by atoms with van der Waals surface area (Å²) in [5.74, 6) is -2.36. The monoisotopic (exact) mass is 310 g/mol. The van der Waals surface area contributed by atoms with E-state index in [9.17, 15) is 23.2 Å². The van der Waals surface area contributed by atoms with Gasteiger partial charge >= 0.3 is 17.9 Å². The third kappa shape index (κ3) is 4.92. The second-order valence-corrected chi connectivity index (χ2v) is 4.42. The molecule has 0 bridgehead atoms. The number of rotatable bonds is 4. The number of alkyl halides is 2. The number of carbonyl (C=O) groups excluding carboxylic acids is 3. The van der Waals surface area contributed by atoms with Crippen LogP contribution in [0.3, 0.4) is 0 Å². The van der Waals surface area contributed by atoms with E-state index in [1.807, 2.05) is 0 Å². The second-order valence-electron chi connectivity index (χ2n) is 4.42. The van der Waals surface area contributed by atoms with Gasteiger partial charge in [-0.2, -0.15) is 0 Å². The average Bonchev–Trinajstić information content (AvgIpc) is 2.35. The molecule has 0 N–H and O–H groups in total. The summed E-state index contributed by atoms with van der Waals surface area (Å²) in [4.78, 5) is 32.8. The molecule has 0 aromatic rings. The third-order valence-electron chi connectivity index (χ3n) is 2.61. The summed E-state index contributed by atoms with van der Waals surface area (Å²) in [5.41, 5.74) is 0. The average molecular weight is 310 g/mol. The van der Waals surface area contributed by atoms with E-state index in [2.05, 4.69) is 14.2 Å². The molecule has 5 atom stereocenters. The van der Waals surface area contributed by atoms with Crippen LogP contribution in [0, 0.1) is 0 Å². The van der Waals surface area contributed by atoms with E-state index in [0.717, 1.165) is 20.8 Å². The second kappa shape index (κ2) is 7.30. The number of ether oxygens (including phenoxy) is 4. The van der Waals surface area contributed by atoms with E-state index in [1.165, 1.54) is 0 Å². The Morgan fingerprint density at radius 2 is 1.48 bits per heavy atom. The predicted octanol–water partition coefficient (Wildman–Crippen LogP) is 0.445. The molecule has 1 heterocycles. The predicted molar refractivity (Wildman–Crippen MR) is 62.4 cm³/mol. The van der Waals surface area contributed by atoms with Gasteiger partial charge in [0.2, 0.25) is 6.36 Å². The molecule has 0 spiro atoms. The van der Waals surface area contributed by atoms with E-state index in [-0.39, 0.29) is 0 Å². The van der Waals surface area contributed by atoms with Crippen LogP contribution in [0.1, 0.15) is 20.8 Å². The Bertz CT molecular complexity index is 414. The van der Waals surface area contributed by atoms with Gasteiger partial charge in [0.25, 0.3) is 0 Å². The van der Waals surface area contributed by atoms with Crippen molar-refractivity contribution >= 4 is 17.9 Å². The zero-order chi connectivity index (χ0) is 16.2. The fourth-order valence-corrected chi connectivity index (χ4v) is 1.85. The fourth-order valence-electron chi connectivity index (χ4n) is 1.85. The molecule has 0 aromatic carbocycles. The minimum atomic E-state index is -2.40. The molecule has 1 saturated heterocycles. The minimum absolute atomic E-state index is 0.474. The highest BCUT2D eigenvalue weighted by atomic mass is 19.2. The molecule has 0 amide bonds. The van der Waals surface area contributed by atoms with Gasteiger partial charge in [0.15, 0.2) is 18.4 Å². The van der Waals surface area contributed by atoms with Crippen LogP contribution in [0.2, 0.25) is 0 Å². The molecule has 1 rings (SSSR count). The lowest BCUT2D eigenvalue weighted by Gasteiger charge is -2.39. The highest BCUT2D eigenvalue weighted by Crippen LogP contribution is 2.29. The maximum atomic E-state index is 13.8. The smallest absolute Gasteiger partial charge is 0.303 e. The van der Waals surface area contributed by atoms with E-state index in [4.69, 9.17) is 4.74 Å². The maximum Gasteiger partial charge on any atom is 0.303 e. The molecule has 7 nitrogen and oxygen atoms in total. The van der Waals surface area contributed by atoms with Gasteiger partial charge in [0, 0.05) is 20.8 Å². The molecule has 21 heavy (non-hydrogen) atoms. The van der Waals surface area contributed by atoms with Crippen molar-refractivity contribution in [3.63, 3.8) is 0 Å². The van der Waals surface area contributed by atoms with Crippen LogP contribution in [-0.4, -0.2) is 55.4 Å². The molecule has 0 aliphatic carbocycles. The van der Waals surface area contributed by atoms with Crippen LogP contribution in [0.25, 0.3) is 0 Å². The molecule has 0 aromatic heterocycles. The Kier molecular flexibility index (Phi) is 6.01. The lowest BCUT2D eigenvalue weighted by Crippen LogP contribution is -2.58. The van der Waals surface area contributed by atoms with Crippen molar-refractivity contribution in [3.05, 3.63) is 0 Å². The number of halogens is 2. The van der Waals surface area contributed by atoms with Gasteiger partial charge in [-0.25, -0.2) is 8.78 Å². The van der Waals surface area contributed by atoms with Crippen molar-refractivity contribution in [2.24, 2.45) is 0 Å². The first-order valence-corrected chi connectivity index (χ1v) is 6.13. The molecule has 120 valence electrons. The van der Waals surface area contributed by atoms with Gasteiger partial charge in [-0.05, 0) is 0 Å². The number of carbonyl (C=O) groups is 3. The van der Waals surface area contributed by atoms with Crippen LogP contribution in [0.15, 0.2) is 0 Å². The lowest BCUT2D eigenvalue weighted by atomic mass is 10.00. The van der Waals surface area contributed by atoms with Gasteiger partial charge in [0.1, 0.15) is 12.7 Å². The summed E-state index contributed by atoms with van der Waals surface area (Å²) in [6.07, 6.45) is -9.12. The molecule has 1 aliphatic heterocycles. The normalized spacial score (nSPS) is 32.1. The summed E-state index contributed by atoms with van der Waals surface area (Å²) >= 11 is 0. The minimum Gasteiger partial charge on any atom is -0.463 e. The summed E-state index contributed by atoms with van der Waals surface area (Å²) in [6.45, 7) is 2.68. The molecule has 1 unspecified atom stereocenters. The molecule has 9 heteroatoms. The Hall–Kier alpha value is -1.77. The first-order valence-electron chi connectivity index (χ1n) is 6.13. The Morgan fingerprint density at radius 1 is 0.952 bits per heavy atom. The molecular formula is C12H16F2O7. The topological polar surface area (TPSA) is 88.1 Å². The van der Waals surface area contributed by atoms with Crippen LogP contribution in [0.5, 0.6) is 0 Å². The lowest BCUT2D eigenvalue weighted by molar-refractivity contribution is -0.259. The van der Waals surface area contributed by atoms with Crippen LogP contribution < -0.4 is 0 Å². The van der Waals surface area contributed by atoms with Crippen molar-refractivity contribution in [2.45, 2.75) is 51.6 Å². The highest BCUT2D eigenvalue weighted by Gasteiger charge is 2.51. The van der Waals surface area contributed by atoms with E-state index >= 15 is 0 Å². The molecule has 1 aliphatic rings. The van der Waals surface area contributed by atoms with Gasteiger partial charge in [-0.1, -0.05) is 0 Å². The first-order chi connectivity index (χ1) is 9.72. The quantitative estimate of drug-likeness (QED) is 0.550. The molecular weight excluding hydrogens is 294 g/mol. The van der Waals surface area contributed by atoms with Gasteiger partial charge < -0.3 is 18.9 Å². The Morgan fingerprint density at radius 3 is 1.95 bits per heavy atom. The maximum absolute atomic E-state index is 13.8. The van der Waals surface area contributed by atoms with Crippen molar-refractivity contribution in [3.8, 4) is 0 Å².